The van der Waals surface area contributed by atoms with Gasteiger partial charge in [0, 0.05) is 28.9 Å². The van der Waals surface area contributed by atoms with Crippen molar-refractivity contribution in [2.24, 2.45) is 0 Å². The van der Waals surface area contributed by atoms with Gasteiger partial charge in [0.15, 0.2) is 0 Å². The number of rotatable bonds is 4. The average molecular weight is 484 g/mol. The fraction of sp³-hybridized carbons (Fsp3) is 0.300. The zero-order valence-electron chi connectivity index (χ0n) is 21.3. The normalized spacial score (nSPS) is 18.1. The fourth-order valence-electron chi connectivity index (χ4n) is 4.68. The van der Waals surface area contributed by atoms with Gasteiger partial charge in [-0.3, -0.25) is 14.4 Å². The van der Waals surface area contributed by atoms with Crippen LogP contribution in [0, 0.1) is 0 Å². The second-order valence-electron chi connectivity index (χ2n) is 10.4. The number of amides is 3. The van der Waals surface area contributed by atoms with Crippen molar-refractivity contribution in [2.75, 3.05) is 11.9 Å². The molecule has 0 fully saturated rings. The summed E-state index contributed by atoms with van der Waals surface area (Å²) in [5, 5.41) is 6.09. The standard InChI is InChI=1S/C30H33N3O3/c1-29(2,3)32-28(36)30(4)24-16-10-11-17-25(24)31-26(34)20-22-14-8-9-15-23(22)27(35)33(30)19-18-21-12-6-5-7-13-21/h5-17H,18-20H2,1-4H3,(H,31,34)(H,32,36). The minimum atomic E-state index is -1.40. The maximum Gasteiger partial charge on any atom is 0.255 e. The quantitative estimate of drug-likeness (QED) is 0.565. The zero-order chi connectivity index (χ0) is 25.9. The molecule has 6 heteroatoms. The average Bonchev–Trinajstić information content (AvgIpc) is 2.83. The number of anilines is 1. The molecule has 3 aromatic rings. The lowest BCUT2D eigenvalue weighted by Gasteiger charge is -2.43. The van der Waals surface area contributed by atoms with Gasteiger partial charge in [-0.1, -0.05) is 66.7 Å². The molecule has 0 radical (unpaired) electrons. The summed E-state index contributed by atoms with van der Waals surface area (Å²) in [6.45, 7) is 7.81. The molecule has 1 heterocycles. The molecule has 0 aliphatic carbocycles. The third-order valence-corrected chi connectivity index (χ3v) is 6.51. The van der Waals surface area contributed by atoms with Crippen molar-refractivity contribution in [3.05, 3.63) is 101 Å². The van der Waals surface area contributed by atoms with E-state index in [1.165, 1.54) is 0 Å². The first-order valence-corrected chi connectivity index (χ1v) is 12.3. The van der Waals surface area contributed by atoms with Gasteiger partial charge in [-0.2, -0.15) is 0 Å². The van der Waals surface area contributed by atoms with Crippen LogP contribution in [0.3, 0.4) is 0 Å². The van der Waals surface area contributed by atoms with Crippen molar-refractivity contribution in [1.29, 1.82) is 0 Å². The molecule has 4 rings (SSSR count). The van der Waals surface area contributed by atoms with Gasteiger partial charge in [0.2, 0.25) is 5.91 Å². The first kappa shape index (κ1) is 25.2. The molecule has 3 amide bonds. The van der Waals surface area contributed by atoms with Crippen molar-refractivity contribution in [2.45, 2.75) is 51.6 Å². The summed E-state index contributed by atoms with van der Waals surface area (Å²) in [5.41, 5.74) is 1.29. The van der Waals surface area contributed by atoms with Crippen molar-refractivity contribution in [3.8, 4) is 0 Å². The predicted octanol–water partition coefficient (Wildman–Crippen LogP) is 4.70. The van der Waals surface area contributed by atoms with Crippen molar-refractivity contribution >= 4 is 23.4 Å². The van der Waals surface area contributed by atoms with Crippen molar-refractivity contribution in [1.82, 2.24) is 10.2 Å². The molecule has 0 aromatic heterocycles. The molecule has 0 saturated heterocycles. The number of hydrogen-bond acceptors (Lipinski definition) is 3. The summed E-state index contributed by atoms with van der Waals surface area (Å²) in [6, 6.07) is 24.3. The number of hydrogen-bond donors (Lipinski definition) is 2. The third-order valence-electron chi connectivity index (χ3n) is 6.51. The van der Waals surface area contributed by atoms with E-state index in [4.69, 9.17) is 0 Å². The summed E-state index contributed by atoms with van der Waals surface area (Å²) in [4.78, 5) is 43.1. The van der Waals surface area contributed by atoms with Gasteiger partial charge in [-0.15, -0.1) is 0 Å². The van der Waals surface area contributed by atoms with Gasteiger partial charge in [0.05, 0.1) is 6.42 Å². The molecule has 2 N–H and O–H groups in total. The minimum absolute atomic E-state index is 0.0632. The first-order valence-electron chi connectivity index (χ1n) is 12.3. The Kier molecular flexibility index (Phi) is 6.97. The molecule has 0 bridgehead atoms. The van der Waals surface area contributed by atoms with E-state index in [1.807, 2.05) is 75.4 Å². The molecule has 3 aromatic carbocycles. The smallest absolute Gasteiger partial charge is 0.255 e. The molecule has 186 valence electrons. The minimum Gasteiger partial charge on any atom is -0.349 e. The topological polar surface area (TPSA) is 78.5 Å². The summed E-state index contributed by atoms with van der Waals surface area (Å²) >= 11 is 0. The van der Waals surface area contributed by atoms with Gasteiger partial charge < -0.3 is 15.5 Å². The summed E-state index contributed by atoms with van der Waals surface area (Å²) < 4.78 is 0. The van der Waals surface area contributed by atoms with Crippen LogP contribution in [-0.4, -0.2) is 34.7 Å². The van der Waals surface area contributed by atoms with E-state index in [9.17, 15) is 14.4 Å². The molecule has 0 saturated carbocycles. The van der Waals surface area contributed by atoms with Crippen molar-refractivity contribution in [3.63, 3.8) is 0 Å². The van der Waals surface area contributed by atoms with Crippen LogP contribution in [0.1, 0.15) is 54.7 Å². The molecular formula is C30H33N3O3. The highest BCUT2D eigenvalue weighted by molar-refractivity contribution is 6.04. The second-order valence-corrected chi connectivity index (χ2v) is 10.4. The molecule has 6 nitrogen and oxygen atoms in total. The van der Waals surface area contributed by atoms with Crippen LogP contribution < -0.4 is 10.6 Å². The van der Waals surface area contributed by atoms with Crippen LogP contribution in [0.5, 0.6) is 0 Å². The second kappa shape index (κ2) is 9.97. The highest BCUT2D eigenvalue weighted by Gasteiger charge is 2.47. The van der Waals surface area contributed by atoms with Gasteiger partial charge in [-0.05, 0) is 57.4 Å². The van der Waals surface area contributed by atoms with E-state index in [1.54, 1.807) is 36.1 Å². The molecule has 1 aliphatic heterocycles. The highest BCUT2D eigenvalue weighted by atomic mass is 16.2. The van der Waals surface area contributed by atoms with Gasteiger partial charge in [0.25, 0.3) is 11.8 Å². The first-order chi connectivity index (χ1) is 17.1. The number of nitrogens with one attached hydrogen (secondary N) is 2. The maximum atomic E-state index is 14.3. The van der Waals surface area contributed by atoms with Crippen LogP contribution in [-0.2, 0) is 28.0 Å². The predicted molar refractivity (Wildman–Crippen MR) is 142 cm³/mol. The largest absolute Gasteiger partial charge is 0.349 e. The number of fused-ring (bicyclic) bond motifs is 2. The Hall–Kier alpha value is -3.93. The lowest BCUT2D eigenvalue weighted by molar-refractivity contribution is -0.133. The maximum absolute atomic E-state index is 14.3. The molecule has 0 spiro atoms. The monoisotopic (exact) mass is 483 g/mol. The van der Waals surface area contributed by atoms with E-state index in [-0.39, 0.29) is 24.1 Å². The SMILES string of the molecule is CC(C)(C)NC(=O)C1(C)c2ccccc2NC(=O)Cc2ccccc2C(=O)N1CCc1ccccc1. The molecule has 36 heavy (non-hydrogen) atoms. The van der Waals surface area contributed by atoms with Gasteiger partial charge in [-0.25, -0.2) is 0 Å². The van der Waals surface area contributed by atoms with E-state index in [0.29, 0.717) is 35.3 Å². The zero-order valence-corrected chi connectivity index (χ0v) is 21.3. The lowest BCUT2D eigenvalue weighted by atomic mass is 9.84. The number of carbonyl (C=O) groups is 3. The number of nitrogens with zero attached hydrogens (tertiary/aromatic N) is 1. The van der Waals surface area contributed by atoms with Crippen LogP contribution >= 0.6 is 0 Å². The third kappa shape index (κ3) is 5.18. The number of para-hydroxylation sites is 1. The Morgan fingerprint density at radius 3 is 2.31 bits per heavy atom. The Labute approximate surface area is 212 Å². The van der Waals surface area contributed by atoms with Crippen LogP contribution in [0.4, 0.5) is 5.69 Å². The summed E-state index contributed by atoms with van der Waals surface area (Å²) in [5.74, 6) is -0.826. The molecule has 1 atom stereocenters. The van der Waals surface area contributed by atoms with E-state index in [2.05, 4.69) is 10.6 Å². The van der Waals surface area contributed by atoms with E-state index in [0.717, 1.165) is 5.56 Å². The fourth-order valence-corrected chi connectivity index (χ4v) is 4.68. The van der Waals surface area contributed by atoms with E-state index >= 15 is 0 Å². The van der Waals surface area contributed by atoms with Crippen LogP contribution in [0.2, 0.25) is 0 Å². The Morgan fingerprint density at radius 2 is 1.58 bits per heavy atom. The van der Waals surface area contributed by atoms with Gasteiger partial charge >= 0.3 is 0 Å². The molecular weight excluding hydrogens is 450 g/mol. The van der Waals surface area contributed by atoms with Crippen LogP contribution in [0.15, 0.2) is 78.9 Å². The number of carbonyl (C=O) groups excluding carboxylic acids is 3. The number of benzene rings is 3. The van der Waals surface area contributed by atoms with Crippen LogP contribution in [0.25, 0.3) is 0 Å². The summed E-state index contributed by atoms with van der Waals surface area (Å²) in [6.07, 6.45) is 0.634. The summed E-state index contributed by atoms with van der Waals surface area (Å²) in [7, 11) is 0. The lowest BCUT2D eigenvalue weighted by Crippen LogP contribution is -2.60. The molecule has 1 unspecified atom stereocenters. The Bertz CT molecular complexity index is 1280. The molecule has 1 aliphatic rings. The van der Waals surface area contributed by atoms with Crippen molar-refractivity contribution < 1.29 is 14.4 Å². The van der Waals surface area contributed by atoms with E-state index < -0.39 is 11.1 Å². The Balaban J connectivity index is 1.93. The Morgan fingerprint density at radius 1 is 0.944 bits per heavy atom. The highest BCUT2D eigenvalue weighted by Crippen LogP contribution is 2.37. The van der Waals surface area contributed by atoms with Gasteiger partial charge in [0.1, 0.15) is 5.54 Å².